The summed E-state index contributed by atoms with van der Waals surface area (Å²) < 4.78 is 0. The van der Waals surface area contributed by atoms with Gasteiger partial charge in [0, 0.05) is 18.8 Å². The van der Waals surface area contributed by atoms with E-state index in [-0.39, 0.29) is 0 Å². The van der Waals surface area contributed by atoms with E-state index in [9.17, 15) is 4.79 Å². The van der Waals surface area contributed by atoms with Gasteiger partial charge in [0.15, 0.2) is 0 Å². The summed E-state index contributed by atoms with van der Waals surface area (Å²) in [6.45, 7) is 0.844. The smallest absolute Gasteiger partial charge is 0.319 e. The lowest BCUT2D eigenvalue weighted by Crippen LogP contribution is -2.39. The quantitative estimate of drug-likeness (QED) is 0.710. The van der Waals surface area contributed by atoms with Crippen LogP contribution in [0.2, 0.25) is 0 Å². The first-order chi connectivity index (χ1) is 6.25. The third kappa shape index (κ3) is 2.45. The zero-order valence-electron chi connectivity index (χ0n) is 7.31. The van der Waals surface area contributed by atoms with Crippen molar-refractivity contribution >= 4 is 11.7 Å². The van der Waals surface area contributed by atoms with E-state index in [2.05, 4.69) is 0 Å². The molecular weight excluding hydrogens is 166 g/mol. The fourth-order valence-electron chi connectivity index (χ4n) is 1.10. The number of primary amides is 1. The van der Waals surface area contributed by atoms with Crippen molar-refractivity contribution in [3.8, 4) is 0 Å². The highest BCUT2D eigenvalue weighted by molar-refractivity contribution is 5.90. The molecule has 1 aromatic rings. The molecule has 4 N–H and O–H groups in total. The van der Waals surface area contributed by atoms with Crippen molar-refractivity contribution in [3.63, 3.8) is 0 Å². The summed E-state index contributed by atoms with van der Waals surface area (Å²) in [4.78, 5) is 12.4. The van der Waals surface area contributed by atoms with Gasteiger partial charge in [-0.1, -0.05) is 18.2 Å². The fourth-order valence-corrected chi connectivity index (χ4v) is 1.10. The Balaban J connectivity index is 2.82. The molecule has 0 unspecified atom stereocenters. The molecule has 1 aromatic carbocycles. The van der Waals surface area contributed by atoms with E-state index in [0.29, 0.717) is 13.1 Å². The van der Waals surface area contributed by atoms with Crippen LogP contribution in [0.4, 0.5) is 10.5 Å². The molecule has 0 bridgehead atoms. The largest absolute Gasteiger partial charge is 0.351 e. The zero-order chi connectivity index (χ0) is 9.68. The minimum atomic E-state index is -0.475. The number of nitrogens with two attached hydrogens (primary N) is 2. The van der Waals surface area contributed by atoms with E-state index in [0.717, 1.165) is 5.69 Å². The highest BCUT2D eigenvalue weighted by Crippen LogP contribution is 2.11. The Labute approximate surface area is 77.1 Å². The third-order valence-electron chi connectivity index (χ3n) is 1.69. The average molecular weight is 179 g/mol. The molecule has 0 saturated heterocycles. The Kier molecular flexibility index (Phi) is 3.28. The Hall–Kier alpha value is -1.55. The summed E-state index contributed by atoms with van der Waals surface area (Å²) in [5, 5.41) is 0. The van der Waals surface area contributed by atoms with E-state index >= 15 is 0 Å². The molecule has 0 aliphatic heterocycles. The summed E-state index contributed by atoms with van der Waals surface area (Å²) in [6.07, 6.45) is 0. The number of carbonyl (C=O) groups excluding carboxylic acids is 1. The van der Waals surface area contributed by atoms with Crippen molar-refractivity contribution in [1.82, 2.24) is 0 Å². The van der Waals surface area contributed by atoms with Gasteiger partial charge in [0.25, 0.3) is 0 Å². The predicted octanol–water partition coefficient (Wildman–Crippen LogP) is 0.530. The molecule has 13 heavy (non-hydrogen) atoms. The molecule has 0 aliphatic carbocycles. The predicted molar refractivity (Wildman–Crippen MR) is 52.4 cm³/mol. The normalized spacial score (nSPS) is 9.62. The lowest BCUT2D eigenvalue weighted by molar-refractivity contribution is 0.254. The van der Waals surface area contributed by atoms with E-state index in [4.69, 9.17) is 11.5 Å². The molecule has 2 amide bonds. The minimum absolute atomic E-state index is 0.401. The number of hydrogen-bond donors (Lipinski definition) is 2. The number of carbonyl (C=O) groups is 1. The van der Waals surface area contributed by atoms with Crippen LogP contribution in [0.15, 0.2) is 30.3 Å². The number of nitrogens with zero attached hydrogens (tertiary/aromatic N) is 1. The van der Waals surface area contributed by atoms with Crippen LogP contribution < -0.4 is 16.4 Å². The Morgan fingerprint density at radius 3 is 2.38 bits per heavy atom. The van der Waals surface area contributed by atoms with E-state index < -0.39 is 6.03 Å². The molecule has 0 aromatic heterocycles. The summed E-state index contributed by atoms with van der Waals surface area (Å²) in [5.74, 6) is 0. The second-order valence-electron chi connectivity index (χ2n) is 2.61. The molecule has 4 nitrogen and oxygen atoms in total. The number of amides is 2. The number of rotatable bonds is 3. The first-order valence-corrected chi connectivity index (χ1v) is 4.08. The van der Waals surface area contributed by atoms with Crippen LogP contribution in [0, 0.1) is 0 Å². The highest BCUT2D eigenvalue weighted by atomic mass is 16.2. The molecule has 0 aliphatic rings. The summed E-state index contributed by atoms with van der Waals surface area (Å²) in [7, 11) is 0. The van der Waals surface area contributed by atoms with Gasteiger partial charge in [0.05, 0.1) is 0 Å². The molecular formula is C9H13N3O. The minimum Gasteiger partial charge on any atom is -0.351 e. The molecule has 70 valence electrons. The van der Waals surface area contributed by atoms with Crippen molar-refractivity contribution in [2.45, 2.75) is 0 Å². The van der Waals surface area contributed by atoms with Crippen LogP contribution >= 0.6 is 0 Å². The first kappa shape index (κ1) is 9.54. The van der Waals surface area contributed by atoms with Crippen LogP contribution in [0.3, 0.4) is 0 Å². The molecule has 4 heteroatoms. The summed E-state index contributed by atoms with van der Waals surface area (Å²) in [5.41, 5.74) is 11.3. The van der Waals surface area contributed by atoms with E-state index in [1.807, 2.05) is 30.3 Å². The Bertz CT molecular complexity index is 273. The topological polar surface area (TPSA) is 72.3 Å². The number of benzene rings is 1. The first-order valence-electron chi connectivity index (χ1n) is 4.08. The van der Waals surface area contributed by atoms with Gasteiger partial charge in [-0.3, -0.25) is 4.90 Å². The van der Waals surface area contributed by atoms with Crippen molar-refractivity contribution in [2.24, 2.45) is 11.5 Å². The molecule has 0 radical (unpaired) electrons. The molecule has 0 fully saturated rings. The van der Waals surface area contributed by atoms with Gasteiger partial charge >= 0.3 is 6.03 Å². The monoisotopic (exact) mass is 179 g/mol. The highest BCUT2D eigenvalue weighted by Gasteiger charge is 2.09. The summed E-state index contributed by atoms with van der Waals surface area (Å²) in [6, 6.07) is 8.74. The molecule has 0 saturated carbocycles. The van der Waals surface area contributed by atoms with Crippen LogP contribution in [0.5, 0.6) is 0 Å². The Morgan fingerprint density at radius 1 is 1.31 bits per heavy atom. The number of anilines is 1. The number of urea groups is 1. The van der Waals surface area contributed by atoms with Gasteiger partial charge in [0.1, 0.15) is 0 Å². The van der Waals surface area contributed by atoms with Crippen molar-refractivity contribution in [2.75, 3.05) is 18.0 Å². The lowest BCUT2D eigenvalue weighted by atomic mass is 10.3. The van der Waals surface area contributed by atoms with Crippen LogP contribution in [0.25, 0.3) is 0 Å². The second-order valence-corrected chi connectivity index (χ2v) is 2.61. The average Bonchev–Trinajstić information content (AvgIpc) is 2.15. The lowest BCUT2D eigenvalue weighted by Gasteiger charge is -2.19. The van der Waals surface area contributed by atoms with Gasteiger partial charge < -0.3 is 11.5 Å². The standard InChI is InChI=1S/C9H13N3O/c10-6-7-12(9(11)13)8-4-2-1-3-5-8/h1-5H,6-7,10H2,(H2,11,13). The van der Waals surface area contributed by atoms with Gasteiger partial charge in [-0.25, -0.2) is 4.79 Å². The summed E-state index contributed by atoms with van der Waals surface area (Å²) >= 11 is 0. The van der Waals surface area contributed by atoms with Crippen LogP contribution in [-0.2, 0) is 0 Å². The van der Waals surface area contributed by atoms with Gasteiger partial charge in [0.2, 0.25) is 0 Å². The molecule has 0 atom stereocenters. The van der Waals surface area contributed by atoms with Crippen molar-refractivity contribution in [1.29, 1.82) is 0 Å². The third-order valence-corrected chi connectivity index (χ3v) is 1.69. The fraction of sp³-hybridized carbons (Fsp3) is 0.222. The van der Waals surface area contributed by atoms with Gasteiger partial charge in [-0.2, -0.15) is 0 Å². The molecule has 0 heterocycles. The van der Waals surface area contributed by atoms with E-state index in [1.165, 1.54) is 4.90 Å². The van der Waals surface area contributed by atoms with Crippen molar-refractivity contribution < 1.29 is 4.79 Å². The maximum Gasteiger partial charge on any atom is 0.319 e. The van der Waals surface area contributed by atoms with Crippen molar-refractivity contribution in [3.05, 3.63) is 30.3 Å². The Morgan fingerprint density at radius 2 is 1.92 bits per heavy atom. The maximum atomic E-state index is 11.0. The zero-order valence-corrected chi connectivity index (χ0v) is 7.31. The van der Waals surface area contributed by atoms with Crippen LogP contribution in [0.1, 0.15) is 0 Å². The molecule has 1 rings (SSSR count). The molecule has 0 spiro atoms. The van der Waals surface area contributed by atoms with E-state index in [1.54, 1.807) is 0 Å². The van der Waals surface area contributed by atoms with Gasteiger partial charge in [-0.05, 0) is 12.1 Å². The second kappa shape index (κ2) is 4.47. The van der Waals surface area contributed by atoms with Gasteiger partial charge in [-0.15, -0.1) is 0 Å². The number of hydrogen-bond acceptors (Lipinski definition) is 2. The SMILES string of the molecule is NCCN(C(N)=O)c1ccccc1. The number of para-hydroxylation sites is 1. The van der Waals surface area contributed by atoms with Crippen LogP contribution in [-0.4, -0.2) is 19.1 Å². The maximum absolute atomic E-state index is 11.0.